The molecule has 1 aromatic rings. The number of piperidine rings is 1. The van der Waals surface area contributed by atoms with E-state index in [1.807, 2.05) is 0 Å². The molecule has 0 aliphatic carbocycles. The van der Waals surface area contributed by atoms with E-state index in [1.165, 1.54) is 24.0 Å². The van der Waals surface area contributed by atoms with Gasteiger partial charge in [0.05, 0.1) is 6.61 Å². The predicted octanol–water partition coefficient (Wildman–Crippen LogP) is 2.19. The van der Waals surface area contributed by atoms with Crippen LogP contribution in [0, 0.1) is 5.92 Å². The molecule has 21 heavy (non-hydrogen) atoms. The molecule has 0 bridgehead atoms. The highest BCUT2D eigenvalue weighted by Crippen LogP contribution is 2.26. The van der Waals surface area contributed by atoms with Crippen LogP contribution in [0.25, 0.3) is 0 Å². The highest BCUT2D eigenvalue weighted by Gasteiger charge is 2.25. The van der Waals surface area contributed by atoms with E-state index >= 15 is 0 Å². The standard InChI is InChI=1S/C17H28N2O2/c1-20-12-14-3-5-16(6-4-14)17(11-18)19-9-7-15(8-10-19)13-21-2/h3-6,15,17H,7-13,18H2,1-2H3. The predicted molar refractivity (Wildman–Crippen MR) is 85.1 cm³/mol. The zero-order valence-electron chi connectivity index (χ0n) is 13.3. The molecule has 1 saturated heterocycles. The fourth-order valence-corrected chi connectivity index (χ4v) is 3.17. The minimum absolute atomic E-state index is 0.324. The van der Waals surface area contributed by atoms with Gasteiger partial charge in [-0.2, -0.15) is 0 Å². The molecule has 1 heterocycles. The number of hydrogen-bond donors (Lipinski definition) is 1. The van der Waals surface area contributed by atoms with Crippen LogP contribution in [0.3, 0.4) is 0 Å². The zero-order valence-corrected chi connectivity index (χ0v) is 13.3. The van der Waals surface area contributed by atoms with E-state index in [2.05, 4.69) is 29.2 Å². The lowest BCUT2D eigenvalue weighted by molar-refractivity contribution is 0.0810. The van der Waals surface area contributed by atoms with Gasteiger partial charge in [0.15, 0.2) is 0 Å². The summed E-state index contributed by atoms with van der Waals surface area (Å²) in [6, 6.07) is 8.98. The Morgan fingerprint density at radius 3 is 2.33 bits per heavy atom. The van der Waals surface area contributed by atoms with Crippen molar-refractivity contribution in [2.24, 2.45) is 11.7 Å². The maximum absolute atomic E-state index is 6.03. The van der Waals surface area contributed by atoms with Crippen molar-refractivity contribution in [3.63, 3.8) is 0 Å². The monoisotopic (exact) mass is 292 g/mol. The van der Waals surface area contributed by atoms with Crippen molar-refractivity contribution < 1.29 is 9.47 Å². The van der Waals surface area contributed by atoms with Gasteiger partial charge in [0, 0.05) is 33.4 Å². The summed E-state index contributed by atoms with van der Waals surface area (Å²) in [6.07, 6.45) is 2.40. The van der Waals surface area contributed by atoms with Gasteiger partial charge in [0.2, 0.25) is 0 Å². The molecule has 1 aromatic carbocycles. The van der Waals surface area contributed by atoms with Crippen molar-refractivity contribution in [2.75, 3.05) is 40.5 Å². The molecule has 118 valence electrons. The molecule has 2 rings (SSSR count). The van der Waals surface area contributed by atoms with E-state index in [9.17, 15) is 0 Å². The third-order valence-corrected chi connectivity index (χ3v) is 4.39. The third kappa shape index (κ3) is 4.51. The smallest absolute Gasteiger partial charge is 0.0713 e. The van der Waals surface area contributed by atoms with Gasteiger partial charge in [0.25, 0.3) is 0 Å². The fraction of sp³-hybridized carbons (Fsp3) is 0.647. The van der Waals surface area contributed by atoms with E-state index in [0.29, 0.717) is 25.1 Å². The number of nitrogens with zero attached hydrogens (tertiary/aromatic N) is 1. The van der Waals surface area contributed by atoms with Crippen LogP contribution >= 0.6 is 0 Å². The molecule has 4 nitrogen and oxygen atoms in total. The number of likely N-dealkylation sites (tertiary alicyclic amines) is 1. The number of ether oxygens (including phenoxy) is 2. The van der Waals surface area contributed by atoms with E-state index in [4.69, 9.17) is 15.2 Å². The quantitative estimate of drug-likeness (QED) is 0.837. The minimum atomic E-state index is 0.324. The first kappa shape index (κ1) is 16.4. The largest absolute Gasteiger partial charge is 0.384 e. The minimum Gasteiger partial charge on any atom is -0.384 e. The van der Waals surface area contributed by atoms with Crippen LogP contribution in [0.15, 0.2) is 24.3 Å². The van der Waals surface area contributed by atoms with Crippen molar-refractivity contribution in [1.82, 2.24) is 4.90 Å². The first-order chi connectivity index (χ1) is 10.3. The molecule has 1 unspecified atom stereocenters. The second-order valence-corrected chi connectivity index (χ2v) is 5.86. The fourth-order valence-electron chi connectivity index (χ4n) is 3.17. The molecular weight excluding hydrogens is 264 g/mol. The molecule has 1 aliphatic heterocycles. The SMILES string of the molecule is COCc1ccc(C(CN)N2CCC(COC)CC2)cc1. The maximum Gasteiger partial charge on any atom is 0.0713 e. The Bertz CT molecular complexity index is 400. The Morgan fingerprint density at radius 1 is 1.14 bits per heavy atom. The zero-order chi connectivity index (χ0) is 15.1. The van der Waals surface area contributed by atoms with Gasteiger partial charge >= 0.3 is 0 Å². The summed E-state index contributed by atoms with van der Waals surface area (Å²) >= 11 is 0. The Labute approximate surface area is 128 Å². The maximum atomic E-state index is 6.03. The van der Waals surface area contributed by atoms with Crippen LogP contribution in [0.5, 0.6) is 0 Å². The van der Waals surface area contributed by atoms with Crippen LogP contribution in [-0.4, -0.2) is 45.4 Å². The number of hydrogen-bond acceptors (Lipinski definition) is 4. The highest BCUT2D eigenvalue weighted by atomic mass is 16.5. The second-order valence-electron chi connectivity index (χ2n) is 5.86. The summed E-state index contributed by atoms with van der Waals surface area (Å²) in [5.74, 6) is 0.703. The van der Waals surface area contributed by atoms with Gasteiger partial charge in [-0.05, 0) is 43.0 Å². The summed E-state index contributed by atoms with van der Waals surface area (Å²) in [5.41, 5.74) is 8.55. The second kappa shape index (κ2) is 8.49. The van der Waals surface area contributed by atoms with Crippen LogP contribution in [-0.2, 0) is 16.1 Å². The number of nitrogens with two attached hydrogens (primary N) is 1. The number of rotatable bonds is 7. The molecule has 0 radical (unpaired) electrons. The van der Waals surface area contributed by atoms with Crippen molar-refractivity contribution >= 4 is 0 Å². The number of benzene rings is 1. The molecule has 1 atom stereocenters. The van der Waals surface area contributed by atoms with Gasteiger partial charge in [-0.15, -0.1) is 0 Å². The van der Waals surface area contributed by atoms with Crippen molar-refractivity contribution in [3.8, 4) is 0 Å². The number of methoxy groups -OCH3 is 2. The van der Waals surface area contributed by atoms with Crippen molar-refractivity contribution in [3.05, 3.63) is 35.4 Å². The van der Waals surface area contributed by atoms with E-state index in [-0.39, 0.29) is 0 Å². The van der Waals surface area contributed by atoms with Gasteiger partial charge in [-0.1, -0.05) is 24.3 Å². The molecule has 0 aromatic heterocycles. The Kier molecular flexibility index (Phi) is 6.64. The first-order valence-electron chi connectivity index (χ1n) is 7.79. The van der Waals surface area contributed by atoms with Gasteiger partial charge in [0.1, 0.15) is 0 Å². The lowest BCUT2D eigenvalue weighted by atomic mass is 9.94. The average Bonchev–Trinajstić information content (AvgIpc) is 2.52. The average molecular weight is 292 g/mol. The first-order valence-corrected chi connectivity index (χ1v) is 7.79. The molecule has 0 saturated carbocycles. The molecule has 0 spiro atoms. The molecule has 2 N–H and O–H groups in total. The lowest BCUT2D eigenvalue weighted by Crippen LogP contribution is -2.40. The Hall–Kier alpha value is -0.940. The van der Waals surface area contributed by atoms with Crippen molar-refractivity contribution in [2.45, 2.75) is 25.5 Å². The van der Waals surface area contributed by atoms with Gasteiger partial charge < -0.3 is 15.2 Å². The summed E-state index contributed by atoms with van der Waals surface area (Å²) in [4.78, 5) is 2.51. The van der Waals surface area contributed by atoms with Crippen molar-refractivity contribution in [1.29, 1.82) is 0 Å². The van der Waals surface area contributed by atoms with E-state index < -0.39 is 0 Å². The summed E-state index contributed by atoms with van der Waals surface area (Å²) in [6.45, 7) is 4.42. The highest BCUT2D eigenvalue weighted by molar-refractivity contribution is 5.25. The summed E-state index contributed by atoms with van der Waals surface area (Å²) < 4.78 is 10.4. The van der Waals surface area contributed by atoms with Gasteiger partial charge in [-0.3, -0.25) is 4.90 Å². The molecule has 0 amide bonds. The van der Waals surface area contributed by atoms with Crippen LogP contribution < -0.4 is 5.73 Å². The molecular formula is C17H28N2O2. The molecule has 1 aliphatic rings. The normalized spacial score (nSPS) is 18.8. The van der Waals surface area contributed by atoms with Crippen LogP contribution in [0.2, 0.25) is 0 Å². The summed E-state index contributed by atoms with van der Waals surface area (Å²) in [5, 5.41) is 0. The lowest BCUT2D eigenvalue weighted by Gasteiger charge is -2.37. The van der Waals surface area contributed by atoms with E-state index in [1.54, 1.807) is 14.2 Å². The van der Waals surface area contributed by atoms with Crippen LogP contribution in [0.1, 0.15) is 30.0 Å². The van der Waals surface area contributed by atoms with E-state index in [0.717, 1.165) is 19.7 Å². The molecule has 4 heteroatoms. The van der Waals surface area contributed by atoms with Crippen LogP contribution in [0.4, 0.5) is 0 Å². The third-order valence-electron chi connectivity index (χ3n) is 4.39. The molecule has 1 fully saturated rings. The Morgan fingerprint density at radius 2 is 1.81 bits per heavy atom. The topological polar surface area (TPSA) is 47.7 Å². The summed E-state index contributed by atoms with van der Waals surface area (Å²) in [7, 11) is 3.51. The Balaban J connectivity index is 1.96. The van der Waals surface area contributed by atoms with Gasteiger partial charge in [-0.25, -0.2) is 0 Å².